The molecular weight excluding hydrogens is 375 g/mol. The number of hydrogen-bond acceptors (Lipinski definition) is 4. The van der Waals surface area contributed by atoms with Gasteiger partial charge in [-0.3, -0.25) is 4.79 Å². The van der Waals surface area contributed by atoms with E-state index >= 15 is 0 Å². The zero-order valence-corrected chi connectivity index (χ0v) is 16.8. The van der Waals surface area contributed by atoms with Gasteiger partial charge in [0.25, 0.3) is 0 Å². The maximum absolute atomic E-state index is 12.8. The molecule has 1 amide bonds. The van der Waals surface area contributed by atoms with Crippen LogP contribution in [0.2, 0.25) is 0 Å². The fourth-order valence-corrected chi connectivity index (χ4v) is 3.22. The number of nitrogens with one attached hydrogen (secondary N) is 1. The van der Waals surface area contributed by atoms with E-state index in [2.05, 4.69) is 10.3 Å². The summed E-state index contributed by atoms with van der Waals surface area (Å²) in [5.41, 5.74) is 6.72. The van der Waals surface area contributed by atoms with Crippen LogP contribution in [-0.4, -0.2) is 33.7 Å². The predicted molar refractivity (Wildman–Crippen MR) is 107 cm³/mol. The van der Waals surface area contributed by atoms with E-state index in [0.717, 1.165) is 5.69 Å². The van der Waals surface area contributed by atoms with E-state index in [1.807, 2.05) is 55.8 Å². The molecule has 2 unspecified atom stereocenters. The monoisotopic (exact) mass is 400 g/mol. The van der Waals surface area contributed by atoms with Gasteiger partial charge in [-0.2, -0.15) is 0 Å². The number of imidazole rings is 1. The fourth-order valence-electron chi connectivity index (χ4n) is 3.22. The summed E-state index contributed by atoms with van der Waals surface area (Å²) in [6.07, 6.45) is 5.82. The molecule has 8 heteroatoms. The molecule has 2 aromatic rings. The predicted octanol–water partition coefficient (Wildman–Crippen LogP) is 3.19. The third-order valence-electron chi connectivity index (χ3n) is 5.14. The molecule has 1 fully saturated rings. The minimum Gasteiger partial charge on any atom is -0.378 e. The molecule has 6 nitrogen and oxygen atoms in total. The van der Waals surface area contributed by atoms with Gasteiger partial charge in [-0.05, 0) is 25.1 Å². The second kappa shape index (κ2) is 8.39. The number of carbonyl (C=O) groups excluding carboxylic acids is 1. The van der Waals surface area contributed by atoms with Crippen LogP contribution in [0, 0.1) is 5.41 Å². The van der Waals surface area contributed by atoms with Crippen molar-refractivity contribution in [1.82, 2.24) is 9.55 Å². The molecule has 1 aromatic carbocycles. The Morgan fingerprint density at radius 3 is 2.73 bits per heavy atom. The van der Waals surface area contributed by atoms with Crippen molar-refractivity contribution in [3.8, 4) is 5.69 Å². The molecule has 3 rings (SSSR count). The largest absolute Gasteiger partial charge is 0.378 e. The highest BCUT2D eigenvalue weighted by atomic mass is 35.5. The van der Waals surface area contributed by atoms with Crippen molar-refractivity contribution in [2.75, 3.05) is 11.9 Å². The Balaban J connectivity index is 0.00000169. The van der Waals surface area contributed by atoms with E-state index in [-0.39, 0.29) is 36.8 Å². The fraction of sp³-hybridized carbons (Fsp3) is 0.444. The van der Waals surface area contributed by atoms with Crippen LogP contribution in [0.15, 0.2) is 43.0 Å². The summed E-state index contributed by atoms with van der Waals surface area (Å²) in [5, 5.41) is 2.95. The van der Waals surface area contributed by atoms with Crippen molar-refractivity contribution in [2.45, 2.75) is 38.8 Å². The molecule has 0 bridgehead atoms. The lowest BCUT2D eigenvalue weighted by molar-refractivity contribution is -0.166. The van der Waals surface area contributed by atoms with Gasteiger partial charge in [0, 0.05) is 42.2 Å². The first-order valence-electron chi connectivity index (χ1n) is 8.19. The van der Waals surface area contributed by atoms with Crippen LogP contribution < -0.4 is 11.1 Å². The number of amides is 1. The minimum atomic E-state index is -0.933. The standard InChI is InChI=1S/C18H24N4O2.2ClH/c1-4-24-15-11-18(19,17(15,2)3)16(23)21-13-6-5-7-14(10-13)22-9-8-20-12-22;;/h5-10,12,15H,4,11,19H2,1-3H3,(H,21,23);2*1H. The molecule has 0 spiro atoms. The Hall–Kier alpha value is -1.60. The summed E-state index contributed by atoms with van der Waals surface area (Å²) in [7, 11) is 0. The number of benzene rings is 1. The normalized spacial score (nSPS) is 23.2. The summed E-state index contributed by atoms with van der Waals surface area (Å²) in [5.74, 6) is -0.175. The van der Waals surface area contributed by atoms with Crippen molar-refractivity contribution >= 4 is 36.4 Å². The van der Waals surface area contributed by atoms with Crippen molar-refractivity contribution in [3.05, 3.63) is 43.0 Å². The lowest BCUT2D eigenvalue weighted by atomic mass is 9.54. The van der Waals surface area contributed by atoms with E-state index in [4.69, 9.17) is 10.5 Å². The smallest absolute Gasteiger partial charge is 0.245 e. The van der Waals surface area contributed by atoms with Crippen molar-refractivity contribution in [2.24, 2.45) is 11.1 Å². The number of rotatable bonds is 5. The molecule has 26 heavy (non-hydrogen) atoms. The molecule has 0 saturated heterocycles. The zero-order chi connectivity index (χ0) is 17.4. The van der Waals surface area contributed by atoms with Crippen LogP contribution in [0.25, 0.3) is 5.69 Å². The number of nitrogens with zero attached hydrogens (tertiary/aromatic N) is 2. The lowest BCUT2D eigenvalue weighted by Gasteiger charge is -2.57. The maximum atomic E-state index is 12.8. The Bertz CT molecular complexity index is 737. The Kier molecular flexibility index (Phi) is 7.24. The van der Waals surface area contributed by atoms with E-state index in [1.54, 1.807) is 12.5 Å². The average Bonchev–Trinajstić information content (AvgIpc) is 3.09. The van der Waals surface area contributed by atoms with Crippen LogP contribution >= 0.6 is 24.8 Å². The molecule has 1 aliphatic carbocycles. The SMILES string of the molecule is CCOC1CC(N)(C(=O)Nc2cccc(-n3ccnc3)c2)C1(C)C.Cl.Cl. The Morgan fingerprint density at radius 1 is 1.42 bits per heavy atom. The molecule has 0 radical (unpaired) electrons. The summed E-state index contributed by atoms with van der Waals surface area (Å²) in [6.45, 7) is 6.55. The third-order valence-corrected chi connectivity index (χ3v) is 5.14. The first-order chi connectivity index (χ1) is 11.4. The molecule has 1 aliphatic rings. The molecule has 0 aliphatic heterocycles. The molecule has 1 aromatic heterocycles. The number of carbonyl (C=O) groups is 1. The zero-order valence-electron chi connectivity index (χ0n) is 15.1. The summed E-state index contributed by atoms with van der Waals surface area (Å²) in [4.78, 5) is 16.8. The first-order valence-corrected chi connectivity index (χ1v) is 8.19. The number of aromatic nitrogens is 2. The van der Waals surface area contributed by atoms with Gasteiger partial charge in [-0.25, -0.2) is 4.98 Å². The van der Waals surface area contributed by atoms with Gasteiger partial charge in [-0.1, -0.05) is 19.9 Å². The van der Waals surface area contributed by atoms with Gasteiger partial charge in [-0.15, -0.1) is 24.8 Å². The highest BCUT2D eigenvalue weighted by Crippen LogP contribution is 2.50. The van der Waals surface area contributed by atoms with E-state index in [9.17, 15) is 4.79 Å². The number of anilines is 1. The maximum Gasteiger partial charge on any atom is 0.245 e. The average molecular weight is 401 g/mol. The number of nitrogens with two attached hydrogens (primary N) is 1. The Morgan fingerprint density at radius 2 is 2.15 bits per heavy atom. The van der Waals surface area contributed by atoms with Crippen LogP contribution in [-0.2, 0) is 9.53 Å². The van der Waals surface area contributed by atoms with Crippen molar-refractivity contribution in [3.63, 3.8) is 0 Å². The second-order valence-electron chi connectivity index (χ2n) is 6.82. The van der Waals surface area contributed by atoms with Crippen LogP contribution in [0.1, 0.15) is 27.2 Å². The first kappa shape index (κ1) is 22.4. The number of ether oxygens (including phenoxy) is 1. The van der Waals surface area contributed by atoms with Gasteiger partial charge in [0.2, 0.25) is 5.91 Å². The highest BCUT2D eigenvalue weighted by Gasteiger charge is 2.62. The van der Waals surface area contributed by atoms with Gasteiger partial charge >= 0.3 is 0 Å². The van der Waals surface area contributed by atoms with Crippen LogP contribution in [0.3, 0.4) is 0 Å². The van der Waals surface area contributed by atoms with Crippen LogP contribution in [0.4, 0.5) is 5.69 Å². The van der Waals surface area contributed by atoms with E-state index < -0.39 is 11.0 Å². The van der Waals surface area contributed by atoms with Gasteiger partial charge < -0.3 is 20.4 Å². The van der Waals surface area contributed by atoms with Gasteiger partial charge in [0.1, 0.15) is 5.54 Å². The van der Waals surface area contributed by atoms with Gasteiger partial charge in [0.05, 0.1) is 12.4 Å². The molecular formula is C18H26Cl2N4O2. The Labute approximate surface area is 166 Å². The number of halogens is 2. The lowest BCUT2D eigenvalue weighted by Crippen LogP contribution is -2.74. The van der Waals surface area contributed by atoms with E-state index in [1.165, 1.54) is 0 Å². The van der Waals surface area contributed by atoms with Crippen molar-refractivity contribution in [1.29, 1.82) is 0 Å². The second-order valence-corrected chi connectivity index (χ2v) is 6.82. The van der Waals surface area contributed by atoms with Crippen molar-refractivity contribution < 1.29 is 9.53 Å². The molecule has 2 atom stereocenters. The molecule has 1 saturated carbocycles. The van der Waals surface area contributed by atoms with E-state index in [0.29, 0.717) is 18.7 Å². The number of hydrogen-bond donors (Lipinski definition) is 2. The molecule has 3 N–H and O–H groups in total. The quantitative estimate of drug-likeness (QED) is 0.806. The molecule has 144 valence electrons. The summed E-state index contributed by atoms with van der Waals surface area (Å²) in [6, 6.07) is 7.60. The topological polar surface area (TPSA) is 82.2 Å². The summed E-state index contributed by atoms with van der Waals surface area (Å²) >= 11 is 0. The third kappa shape index (κ3) is 3.74. The van der Waals surface area contributed by atoms with Gasteiger partial charge in [0.15, 0.2) is 0 Å². The van der Waals surface area contributed by atoms with Crippen LogP contribution in [0.5, 0.6) is 0 Å². The minimum absolute atomic E-state index is 0. The highest BCUT2D eigenvalue weighted by molar-refractivity contribution is 6.00. The molecule has 1 heterocycles. The summed E-state index contributed by atoms with van der Waals surface area (Å²) < 4.78 is 7.57.